The number of thioether (sulfide) groups is 1. The molecule has 5 rings (SSSR count). The Morgan fingerprint density at radius 2 is 1.88 bits per heavy atom. The van der Waals surface area contributed by atoms with Gasteiger partial charge in [-0.1, -0.05) is 54.2 Å². The fourth-order valence-electron chi connectivity index (χ4n) is 3.80. The highest BCUT2D eigenvalue weighted by molar-refractivity contribution is 7.98. The van der Waals surface area contributed by atoms with Crippen molar-refractivity contribution in [3.63, 3.8) is 0 Å². The van der Waals surface area contributed by atoms with Crippen LogP contribution < -0.4 is 10.3 Å². The van der Waals surface area contributed by atoms with E-state index in [2.05, 4.69) is 0 Å². The van der Waals surface area contributed by atoms with Crippen LogP contribution in [-0.4, -0.2) is 21.3 Å². The Bertz CT molecular complexity index is 1400. The normalized spacial score (nSPS) is 12.8. The third-order valence-electron chi connectivity index (χ3n) is 5.35. The van der Waals surface area contributed by atoms with Crippen LogP contribution in [0.2, 0.25) is 0 Å². The largest absolute Gasteiger partial charge is 0.467 e. The van der Waals surface area contributed by atoms with Gasteiger partial charge in [-0.3, -0.25) is 19.5 Å². The topological polar surface area (TPSA) is 96.5 Å². The number of non-ortho nitro benzene ring substituents is 1. The predicted molar refractivity (Wildman–Crippen MR) is 124 cm³/mol. The van der Waals surface area contributed by atoms with Gasteiger partial charge in [-0.2, -0.15) is 0 Å². The molecule has 4 aromatic rings. The molecule has 0 radical (unpaired) electrons. The molecule has 9 heteroatoms. The van der Waals surface area contributed by atoms with Crippen molar-refractivity contribution in [3.8, 4) is 5.75 Å². The van der Waals surface area contributed by atoms with Crippen molar-refractivity contribution in [2.75, 3.05) is 6.79 Å². The molecule has 0 N–H and O–H groups in total. The van der Waals surface area contributed by atoms with Crippen LogP contribution in [0.1, 0.15) is 16.7 Å². The lowest BCUT2D eigenvalue weighted by atomic mass is 10.1. The molecular weight excluding hydrogens is 442 g/mol. The summed E-state index contributed by atoms with van der Waals surface area (Å²) in [6.45, 7) is 0.717. The van der Waals surface area contributed by atoms with Gasteiger partial charge in [0.15, 0.2) is 11.9 Å². The number of aromatic nitrogens is 2. The molecule has 0 unspecified atom stereocenters. The van der Waals surface area contributed by atoms with Crippen molar-refractivity contribution in [2.24, 2.45) is 0 Å². The minimum atomic E-state index is -0.428. The number of nitro groups is 1. The second-order valence-electron chi connectivity index (χ2n) is 7.54. The van der Waals surface area contributed by atoms with Crippen LogP contribution in [0.4, 0.5) is 5.69 Å². The number of rotatable bonds is 6. The smallest absolute Gasteiger partial charge is 0.270 e. The van der Waals surface area contributed by atoms with E-state index in [1.54, 1.807) is 10.6 Å². The summed E-state index contributed by atoms with van der Waals surface area (Å²) < 4.78 is 12.6. The third-order valence-corrected chi connectivity index (χ3v) is 6.37. The molecule has 1 aliphatic rings. The molecule has 0 aliphatic carbocycles. The molecule has 1 aliphatic heterocycles. The summed E-state index contributed by atoms with van der Waals surface area (Å²) in [4.78, 5) is 29.1. The summed E-state index contributed by atoms with van der Waals surface area (Å²) >= 11 is 1.35. The van der Waals surface area contributed by atoms with Gasteiger partial charge in [-0.15, -0.1) is 0 Å². The third kappa shape index (κ3) is 4.33. The quantitative estimate of drug-likeness (QED) is 0.180. The van der Waals surface area contributed by atoms with Crippen molar-refractivity contribution in [1.29, 1.82) is 0 Å². The van der Waals surface area contributed by atoms with Crippen LogP contribution in [0, 0.1) is 10.1 Å². The van der Waals surface area contributed by atoms with Gasteiger partial charge in [0.25, 0.3) is 11.2 Å². The molecule has 3 aromatic carbocycles. The molecule has 2 heterocycles. The van der Waals surface area contributed by atoms with Crippen molar-refractivity contribution >= 4 is 28.4 Å². The van der Waals surface area contributed by atoms with Gasteiger partial charge in [0, 0.05) is 29.0 Å². The van der Waals surface area contributed by atoms with Gasteiger partial charge in [-0.05, 0) is 17.7 Å². The van der Waals surface area contributed by atoms with Crippen molar-refractivity contribution in [3.05, 3.63) is 104 Å². The Balaban J connectivity index is 1.55. The Labute approximate surface area is 192 Å². The number of nitrogens with zero attached hydrogens (tertiary/aromatic N) is 3. The summed E-state index contributed by atoms with van der Waals surface area (Å²) in [6, 6.07) is 19.9. The highest BCUT2D eigenvalue weighted by atomic mass is 32.2. The summed E-state index contributed by atoms with van der Waals surface area (Å²) in [5, 5.41) is 12.5. The highest BCUT2D eigenvalue weighted by Crippen LogP contribution is 2.36. The average Bonchev–Trinajstić information content (AvgIpc) is 2.85. The van der Waals surface area contributed by atoms with Gasteiger partial charge in [-0.25, -0.2) is 4.98 Å². The van der Waals surface area contributed by atoms with Crippen molar-refractivity contribution < 1.29 is 14.4 Å². The molecule has 8 nitrogen and oxygen atoms in total. The number of nitro benzene ring substituents is 1. The molecule has 0 spiro atoms. The molecule has 0 saturated carbocycles. The lowest BCUT2D eigenvalue weighted by Crippen LogP contribution is -2.24. The van der Waals surface area contributed by atoms with Crippen LogP contribution >= 0.6 is 11.8 Å². The van der Waals surface area contributed by atoms with Gasteiger partial charge in [0.05, 0.1) is 29.0 Å². The molecule has 0 fully saturated rings. The number of hydrogen-bond donors (Lipinski definition) is 0. The lowest BCUT2D eigenvalue weighted by molar-refractivity contribution is -0.385. The zero-order valence-corrected chi connectivity index (χ0v) is 18.3. The van der Waals surface area contributed by atoms with Crippen LogP contribution in [0.25, 0.3) is 10.9 Å². The molecule has 0 bridgehead atoms. The second-order valence-corrected chi connectivity index (χ2v) is 8.48. The monoisotopic (exact) mass is 461 g/mol. The van der Waals surface area contributed by atoms with E-state index >= 15 is 0 Å². The molecular formula is C24H19N3O5S. The van der Waals surface area contributed by atoms with E-state index < -0.39 is 4.92 Å². The Morgan fingerprint density at radius 1 is 1.09 bits per heavy atom. The maximum Gasteiger partial charge on any atom is 0.270 e. The zero-order valence-electron chi connectivity index (χ0n) is 17.5. The molecule has 166 valence electrons. The first kappa shape index (κ1) is 21.2. The first-order valence-corrected chi connectivity index (χ1v) is 11.3. The number of ether oxygens (including phenoxy) is 2. The summed E-state index contributed by atoms with van der Waals surface area (Å²) in [5.41, 5.74) is 2.75. The lowest BCUT2D eigenvalue weighted by Gasteiger charge is -2.20. The van der Waals surface area contributed by atoms with Gasteiger partial charge < -0.3 is 9.47 Å². The Morgan fingerprint density at radius 3 is 2.70 bits per heavy atom. The first-order chi connectivity index (χ1) is 16.1. The molecule has 0 amide bonds. The van der Waals surface area contributed by atoms with E-state index in [4.69, 9.17) is 14.5 Å². The van der Waals surface area contributed by atoms with Crippen LogP contribution in [0.15, 0.2) is 76.7 Å². The van der Waals surface area contributed by atoms with Gasteiger partial charge >= 0.3 is 0 Å². The minimum Gasteiger partial charge on any atom is -0.467 e. The number of para-hydroxylation sites is 1. The van der Waals surface area contributed by atoms with Crippen molar-refractivity contribution in [1.82, 2.24) is 9.55 Å². The van der Waals surface area contributed by atoms with Gasteiger partial charge in [0.1, 0.15) is 5.75 Å². The first-order valence-electron chi connectivity index (χ1n) is 10.3. The predicted octanol–water partition coefficient (Wildman–Crippen LogP) is 4.51. The number of benzene rings is 3. The average molecular weight is 461 g/mol. The van der Waals surface area contributed by atoms with Crippen LogP contribution in [0.5, 0.6) is 5.75 Å². The summed E-state index contributed by atoms with van der Waals surface area (Å²) in [7, 11) is 0. The second kappa shape index (κ2) is 9.05. The van der Waals surface area contributed by atoms with Gasteiger partial charge in [0.2, 0.25) is 0 Å². The SMILES string of the molecule is O=c1c2ccccc2nc(SCc2cc([N+](=O)[O-])cc3c2OCOC3)n1Cc1ccccc1. The van der Waals surface area contributed by atoms with Crippen molar-refractivity contribution in [2.45, 2.75) is 24.1 Å². The summed E-state index contributed by atoms with van der Waals surface area (Å²) in [6.07, 6.45) is 0. The molecule has 33 heavy (non-hydrogen) atoms. The maximum atomic E-state index is 13.3. The standard InChI is InChI=1S/C24H19N3O5S/c28-23-20-8-4-5-9-21(20)25-24(26(23)12-16-6-2-1-3-7-16)33-14-18-11-19(27(29)30)10-17-13-31-15-32-22(17)18/h1-11H,12-15H2. The Hall–Kier alpha value is -3.69. The fourth-order valence-corrected chi connectivity index (χ4v) is 4.76. The van der Waals surface area contributed by atoms with E-state index in [0.29, 0.717) is 45.2 Å². The summed E-state index contributed by atoms with van der Waals surface area (Å²) in [5.74, 6) is 0.945. The number of fused-ring (bicyclic) bond motifs is 2. The van der Waals surface area contributed by atoms with E-state index in [1.807, 2.05) is 48.5 Å². The Kier molecular flexibility index (Phi) is 5.80. The molecule has 1 aromatic heterocycles. The van der Waals surface area contributed by atoms with Crippen LogP contribution in [-0.2, 0) is 23.6 Å². The zero-order chi connectivity index (χ0) is 22.8. The fraction of sp³-hybridized carbons (Fsp3) is 0.167. The molecule has 0 atom stereocenters. The minimum absolute atomic E-state index is 0.0217. The van der Waals surface area contributed by atoms with E-state index in [9.17, 15) is 14.9 Å². The van der Waals surface area contributed by atoms with E-state index in [1.165, 1.54) is 23.9 Å². The number of hydrogen-bond acceptors (Lipinski definition) is 7. The van der Waals surface area contributed by atoms with E-state index in [-0.39, 0.29) is 24.6 Å². The highest BCUT2D eigenvalue weighted by Gasteiger charge is 2.22. The van der Waals surface area contributed by atoms with Crippen LogP contribution in [0.3, 0.4) is 0 Å². The van der Waals surface area contributed by atoms with E-state index in [0.717, 1.165) is 5.56 Å². The maximum absolute atomic E-state index is 13.3. The molecule has 0 saturated heterocycles.